The van der Waals surface area contributed by atoms with E-state index in [-0.39, 0.29) is 6.10 Å². The van der Waals surface area contributed by atoms with Crippen molar-refractivity contribution in [2.75, 3.05) is 26.8 Å². The van der Waals surface area contributed by atoms with E-state index in [1.807, 2.05) is 23.7 Å². The Hall–Kier alpha value is -2.15. The number of aromatic nitrogens is 2. The summed E-state index contributed by atoms with van der Waals surface area (Å²) >= 11 is 1.66. The van der Waals surface area contributed by atoms with Gasteiger partial charge in [0.1, 0.15) is 5.75 Å². The number of hydrogen-bond acceptors (Lipinski definition) is 5. The molecule has 26 heavy (non-hydrogen) atoms. The Labute approximate surface area is 157 Å². The zero-order valence-electron chi connectivity index (χ0n) is 14.9. The van der Waals surface area contributed by atoms with Crippen LogP contribution < -0.4 is 4.74 Å². The highest BCUT2D eigenvalue weighted by Gasteiger charge is 2.22. The summed E-state index contributed by atoms with van der Waals surface area (Å²) in [5.41, 5.74) is 2.52. The average Bonchev–Trinajstić information content (AvgIpc) is 3.33. The minimum atomic E-state index is 0.208. The van der Waals surface area contributed by atoms with E-state index in [0.29, 0.717) is 0 Å². The topological polar surface area (TPSA) is 39.5 Å². The van der Waals surface area contributed by atoms with Gasteiger partial charge in [-0.2, -0.15) is 0 Å². The van der Waals surface area contributed by atoms with E-state index >= 15 is 0 Å². The fraction of sp³-hybridized carbons (Fsp3) is 0.350. The van der Waals surface area contributed by atoms with Crippen LogP contribution in [0, 0.1) is 0 Å². The molecule has 0 bridgehead atoms. The Morgan fingerprint density at radius 2 is 2.27 bits per heavy atom. The first-order valence-electron chi connectivity index (χ1n) is 8.85. The van der Waals surface area contributed by atoms with Crippen molar-refractivity contribution in [1.82, 2.24) is 14.5 Å². The number of ether oxygens (including phenoxy) is 2. The van der Waals surface area contributed by atoms with Crippen molar-refractivity contribution in [2.45, 2.75) is 19.1 Å². The average molecular weight is 369 g/mol. The van der Waals surface area contributed by atoms with Crippen LogP contribution in [0.2, 0.25) is 0 Å². The molecule has 3 aromatic rings. The first kappa shape index (κ1) is 17.3. The molecule has 1 fully saturated rings. The molecule has 1 aliphatic rings. The van der Waals surface area contributed by atoms with Crippen molar-refractivity contribution in [2.24, 2.45) is 0 Å². The normalized spacial score (nSPS) is 18.1. The molecule has 4 rings (SSSR count). The summed E-state index contributed by atoms with van der Waals surface area (Å²) in [7, 11) is 1.70. The van der Waals surface area contributed by atoms with Gasteiger partial charge >= 0.3 is 0 Å². The highest BCUT2D eigenvalue weighted by atomic mass is 32.1. The maximum absolute atomic E-state index is 6.01. The van der Waals surface area contributed by atoms with Crippen molar-refractivity contribution in [3.8, 4) is 10.9 Å². The molecule has 0 saturated carbocycles. The molecule has 1 aliphatic heterocycles. The summed E-state index contributed by atoms with van der Waals surface area (Å²) in [6.45, 7) is 3.56. The van der Waals surface area contributed by atoms with Crippen LogP contribution in [0.5, 0.6) is 5.75 Å². The molecule has 3 heterocycles. The van der Waals surface area contributed by atoms with Gasteiger partial charge < -0.3 is 9.47 Å². The van der Waals surface area contributed by atoms with E-state index in [1.165, 1.54) is 11.3 Å². The maximum Gasteiger partial charge on any atom is 0.193 e. The van der Waals surface area contributed by atoms with E-state index < -0.39 is 0 Å². The number of hydrogen-bond donors (Lipinski definition) is 0. The second-order valence-corrected chi connectivity index (χ2v) is 7.34. The number of rotatable bonds is 6. The molecule has 2 aromatic heterocycles. The zero-order valence-corrected chi connectivity index (χ0v) is 15.7. The molecule has 0 aliphatic carbocycles. The summed E-state index contributed by atoms with van der Waals surface area (Å²) in [5.74, 6) is 0.899. The number of morpholine rings is 1. The van der Waals surface area contributed by atoms with Crippen molar-refractivity contribution < 1.29 is 9.47 Å². The molecule has 1 atom stereocenters. The molecule has 136 valence electrons. The van der Waals surface area contributed by atoms with Gasteiger partial charge in [0.15, 0.2) is 5.13 Å². The van der Waals surface area contributed by atoms with Gasteiger partial charge in [-0.05, 0) is 29.8 Å². The van der Waals surface area contributed by atoms with Crippen molar-refractivity contribution >= 4 is 11.3 Å². The van der Waals surface area contributed by atoms with Gasteiger partial charge in [-0.25, -0.2) is 4.98 Å². The van der Waals surface area contributed by atoms with E-state index in [9.17, 15) is 0 Å². The van der Waals surface area contributed by atoms with Crippen LogP contribution in [-0.2, 0) is 17.7 Å². The minimum absolute atomic E-state index is 0.208. The third-order valence-electron chi connectivity index (χ3n) is 4.66. The number of thiazole rings is 1. The van der Waals surface area contributed by atoms with Gasteiger partial charge in [-0.3, -0.25) is 9.47 Å². The molecular weight excluding hydrogens is 346 g/mol. The van der Waals surface area contributed by atoms with E-state index in [1.54, 1.807) is 18.4 Å². The van der Waals surface area contributed by atoms with Gasteiger partial charge in [-0.1, -0.05) is 12.1 Å². The lowest BCUT2D eigenvalue weighted by Gasteiger charge is -2.33. The number of nitrogens with zero attached hydrogens (tertiary/aromatic N) is 3. The summed E-state index contributed by atoms with van der Waals surface area (Å²) in [5, 5.41) is 3.03. The quantitative estimate of drug-likeness (QED) is 0.668. The van der Waals surface area contributed by atoms with Gasteiger partial charge in [-0.15, -0.1) is 11.3 Å². The Morgan fingerprint density at radius 3 is 3.12 bits per heavy atom. The van der Waals surface area contributed by atoms with Gasteiger partial charge in [0.05, 0.1) is 19.8 Å². The van der Waals surface area contributed by atoms with Crippen LogP contribution in [0.4, 0.5) is 0 Å². The first-order valence-corrected chi connectivity index (χ1v) is 9.73. The van der Waals surface area contributed by atoms with Crippen LogP contribution in [0.1, 0.15) is 11.3 Å². The summed E-state index contributed by atoms with van der Waals surface area (Å²) in [6, 6.07) is 12.5. The van der Waals surface area contributed by atoms with Gasteiger partial charge in [0, 0.05) is 49.5 Å². The maximum atomic E-state index is 6.01. The largest absolute Gasteiger partial charge is 0.497 e. The fourth-order valence-electron chi connectivity index (χ4n) is 3.41. The van der Waals surface area contributed by atoms with Gasteiger partial charge in [0.2, 0.25) is 0 Å². The van der Waals surface area contributed by atoms with E-state index in [4.69, 9.17) is 9.47 Å². The monoisotopic (exact) mass is 369 g/mol. The molecule has 0 radical (unpaired) electrons. The lowest BCUT2D eigenvalue weighted by molar-refractivity contribution is -0.0309. The zero-order chi connectivity index (χ0) is 17.8. The van der Waals surface area contributed by atoms with Crippen LogP contribution >= 0.6 is 11.3 Å². The number of benzene rings is 1. The molecular formula is C20H23N3O2S. The van der Waals surface area contributed by atoms with Crippen LogP contribution in [0.3, 0.4) is 0 Å². The first-order chi connectivity index (χ1) is 12.8. The second-order valence-electron chi connectivity index (χ2n) is 6.47. The summed E-state index contributed by atoms with van der Waals surface area (Å²) < 4.78 is 13.5. The molecule has 0 N–H and O–H groups in total. The standard InChI is InChI=1S/C20H23N3O2S/c1-24-18-6-2-4-16(12-18)13-19-15-22(9-10-25-19)14-17-5-3-8-23(17)20-21-7-11-26-20/h2-8,11-12,19H,9-10,13-15H2,1H3. The molecule has 6 heteroatoms. The molecule has 1 unspecified atom stereocenters. The smallest absolute Gasteiger partial charge is 0.193 e. The Bertz CT molecular complexity index is 831. The van der Waals surface area contributed by atoms with Crippen LogP contribution in [0.15, 0.2) is 54.2 Å². The summed E-state index contributed by atoms with van der Waals surface area (Å²) in [6.07, 6.45) is 5.05. The molecule has 0 spiro atoms. The fourth-order valence-corrected chi connectivity index (χ4v) is 4.06. The predicted octanol–water partition coefficient (Wildman–Crippen LogP) is 3.39. The Balaban J connectivity index is 1.40. The minimum Gasteiger partial charge on any atom is -0.497 e. The Kier molecular flexibility index (Phi) is 5.34. The third kappa shape index (κ3) is 3.98. The Morgan fingerprint density at radius 1 is 1.31 bits per heavy atom. The van der Waals surface area contributed by atoms with Crippen molar-refractivity contribution in [3.63, 3.8) is 0 Å². The molecule has 1 saturated heterocycles. The van der Waals surface area contributed by atoms with E-state index in [2.05, 4.69) is 44.9 Å². The lowest BCUT2D eigenvalue weighted by atomic mass is 10.1. The van der Waals surface area contributed by atoms with Crippen LogP contribution in [0.25, 0.3) is 5.13 Å². The lowest BCUT2D eigenvalue weighted by Crippen LogP contribution is -2.43. The SMILES string of the molecule is COc1cccc(CC2CN(Cc3cccn3-c3nccs3)CCO2)c1. The van der Waals surface area contributed by atoms with E-state index in [0.717, 1.165) is 43.5 Å². The van der Waals surface area contributed by atoms with Crippen LogP contribution in [-0.4, -0.2) is 47.4 Å². The number of methoxy groups -OCH3 is 1. The molecule has 0 amide bonds. The van der Waals surface area contributed by atoms with Crippen molar-refractivity contribution in [1.29, 1.82) is 0 Å². The highest BCUT2D eigenvalue weighted by molar-refractivity contribution is 7.12. The summed E-state index contributed by atoms with van der Waals surface area (Å²) in [4.78, 5) is 6.89. The van der Waals surface area contributed by atoms with Crippen molar-refractivity contribution in [3.05, 3.63) is 65.4 Å². The predicted molar refractivity (Wildman–Crippen MR) is 103 cm³/mol. The third-order valence-corrected chi connectivity index (χ3v) is 5.44. The molecule has 1 aromatic carbocycles. The highest BCUT2D eigenvalue weighted by Crippen LogP contribution is 2.20. The van der Waals surface area contributed by atoms with Gasteiger partial charge in [0.25, 0.3) is 0 Å². The second kappa shape index (κ2) is 8.03. The molecule has 5 nitrogen and oxygen atoms in total.